The van der Waals surface area contributed by atoms with Crippen LogP contribution in [-0.4, -0.2) is 22.8 Å². The molecule has 0 fully saturated rings. The molecule has 0 aliphatic heterocycles. The maximum Gasteiger partial charge on any atom is 0.157 e. The summed E-state index contributed by atoms with van der Waals surface area (Å²) >= 11 is 0. The smallest absolute Gasteiger partial charge is 0.157 e. The summed E-state index contributed by atoms with van der Waals surface area (Å²) < 4.78 is 5.38. The minimum atomic E-state index is -0.826. The maximum atomic E-state index is 10.1. The third-order valence-electron chi connectivity index (χ3n) is 7.74. The van der Waals surface area contributed by atoms with Gasteiger partial charge >= 0.3 is 0 Å². The van der Waals surface area contributed by atoms with Crippen molar-refractivity contribution in [3.05, 3.63) is 24.3 Å². The number of allylic oxidation sites excluding steroid dienone is 4. The molecule has 0 spiro atoms. The predicted octanol–water partition coefficient (Wildman–Crippen LogP) is 11.7. The van der Waals surface area contributed by atoms with Crippen LogP contribution < -0.4 is 0 Å². The molecule has 0 aromatic heterocycles. The van der Waals surface area contributed by atoms with Crippen LogP contribution in [0.3, 0.4) is 0 Å². The number of aliphatic hydroxyl groups excluding tert-OH is 2. The lowest BCUT2D eigenvalue weighted by atomic mass is 10.1. The lowest BCUT2D eigenvalue weighted by molar-refractivity contribution is -0.212. The number of aliphatic hydroxyl groups is 2. The highest BCUT2D eigenvalue weighted by molar-refractivity contribution is 4.82. The minimum Gasteiger partial charge on any atom is -0.368 e. The summed E-state index contributed by atoms with van der Waals surface area (Å²) in [6.07, 6.45) is 42.1. The van der Waals surface area contributed by atoms with Crippen LogP contribution in [0.5, 0.6) is 0 Å². The van der Waals surface area contributed by atoms with Gasteiger partial charge in [0.1, 0.15) is 0 Å². The van der Waals surface area contributed by atoms with E-state index in [1.54, 1.807) is 0 Å². The van der Waals surface area contributed by atoms with Crippen molar-refractivity contribution in [1.29, 1.82) is 0 Å². The summed E-state index contributed by atoms with van der Waals surface area (Å²) in [6.45, 7) is 4.54. The third-order valence-corrected chi connectivity index (χ3v) is 7.74. The Bertz CT molecular complexity index is 458. The largest absolute Gasteiger partial charge is 0.368 e. The van der Waals surface area contributed by atoms with Crippen molar-refractivity contribution < 1.29 is 14.9 Å². The van der Waals surface area contributed by atoms with E-state index in [4.69, 9.17) is 4.74 Å². The molecule has 0 aromatic carbocycles. The first-order chi connectivity index (χ1) is 19.2. The highest BCUT2D eigenvalue weighted by atomic mass is 16.7. The fourth-order valence-corrected chi connectivity index (χ4v) is 5.10. The molecule has 3 heteroatoms. The van der Waals surface area contributed by atoms with E-state index >= 15 is 0 Å². The molecule has 0 rings (SSSR count). The van der Waals surface area contributed by atoms with Crippen LogP contribution in [0.25, 0.3) is 0 Å². The molecular weight excluding hydrogens is 480 g/mol. The fourth-order valence-electron chi connectivity index (χ4n) is 5.10. The highest BCUT2D eigenvalue weighted by Crippen LogP contribution is 2.14. The molecule has 2 N–H and O–H groups in total. The van der Waals surface area contributed by atoms with Gasteiger partial charge in [0.2, 0.25) is 0 Å². The lowest BCUT2D eigenvalue weighted by Gasteiger charge is -2.17. The second-order valence-electron chi connectivity index (χ2n) is 11.8. The predicted molar refractivity (Wildman–Crippen MR) is 172 cm³/mol. The average molecular weight is 551 g/mol. The molecule has 2 unspecified atom stereocenters. The van der Waals surface area contributed by atoms with Crippen molar-refractivity contribution in [1.82, 2.24) is 0 Å². The first kappa shape index (κ1) is 38.4. The molecule has 0 aliphatic rings. The Hall–Kier alpha value is -0.640. The number of ether oxygens (including phenoxy) is 1. The van der Waals surface area contributed by atoms with Gasteiger partial charge in [0.25, 0.3) is 0 Å². The molecule has 232 valence electrons. The molecule has 0 radical (unpaired) electrons. The molecule has 0 aromatic rings. The highest BCUT2D eigenvalue weighted by Gasteiger charge is 2.11. The molecule has 0 bridgehead atoms. The Labute approximate surface area is 245 Å². The van der Waals surface area contributed by atoms with Gasteiger partial charge in [-0.25, -0.2) is 0 Å². The summed E-state index contributed by atoms with van der Waals surface area (Å²) in [7, 11) is 0. The van der Waals surface area contributed by atoms with Gasteiger partial charge in [-0.15, -0.1) is 0 Å². The number of hydrogen-bond donors (Lipinski definition) is 2. The van der Waals surface area contributed by atoms with Crippen LogP contribution in [-0.2, 0) is 4.74 Å². The quantitative estimate of drug-likeness (QED) is 0.0497. The minimum absolute atomic E-state index is 0.627. The van der Waals surface area contributed by atoms with Crippen LogP contribution in [0.4, 0.5) is 0 Å². The summed E-state index contributed by atoms with van der Waals surface area (Å²) in [4.78, 5) is 0. The molecule has 39 heavy (non-hydrogen) atoms. The summed E-state index contributed by atoms with van der Waals surface area (Å²) in [5, 5.41) is 20.1. The van der Waals surface area contributed by atoms with Gasteiger partial charge in [-0.1, -0.05) is 141 Å². The Morgan fingerprint density at radius 2 is 0.641 bits per heavy atom. The monoisotopic (exact) mass is 551 g/mol. The first-order valence-electron chi connectivity index (χ1n) is 17.5. The molecule has 0 aliphatic carbocycles. The van der Waals surface area contributed by atoms with Crippen molar-refractivity contribution in [2.75, 3.05) is 0 Å². The summed E-state index contributed by atoms with van der Waals surface area (Å²) in [5.74, 6) is 0. The van der Waals surface area contributed by atoms with E-state index in [1.165, 1.54) is 141 Å². The van der Waals surface area contributed by atoms with Crippen LogP contribution in [0, 0.1) is 0 Å². The lowest BCUT2D eigenvalue weighted by Crippen LogP contribution is -2.21. The zero-order chi connectivity index (χ0) is 28.5. The van der Waals surface area contributed by atoms with Crippen molar-refractivity contribution in [3.63, 3.8) is 0 Å². The van der Waals surface area contributed by atoms with Crippen molar-refractivity contribution >= 4 is 0 Å². The van der Waals surface area contributed by atoms with Gasteiger partial charge in [-0.05, 0) is 77.0 Å². The van der Waals surface area contributed by atoms with E-state index < -0.39 is 12.6 Å². The Kier molecular flexibility index (Phi) is 33.0. The van der Waals surface area contributed by atoms with E-state index in [-0.39, 0.29) is 0 Å². The van der Waals surface area contributed by atoms with Gasteiger partial charge in [-0.2, -0.15) is 0 Å². The molecular formula is C36H70O3. The van der Waals surface area contributed by atoms with Crippen molar-refractivity contribution in [2.24, 2.45) is 0 Å². The standard InChI is InChI=1S/C36H70O3/c1-3-5-7-9-11-13-15-17-19-21-23-25-27-29-31-33-35(37)39-36(38)34-32-30-28-26-24-22-20-18-16-14-12-10-8-6-4-2/h17-20,35-38H,3-16,21-34H2,1-2H3. The Balaban J connectivity index is 3.35. The van der Waals surface area contributed by atoms with Crippen molar-refractivity contribution in [2.45, 2.75) is 206 Å². The normalized spacial score (nSPS) is 13.6. The molecule has 0 saturated carbocycles. The maximum absolute atomic E-state index is 10.1. The van der Waals surface area contributed by atoms with Gasteiger partial charge in [0, 0.05) is 0 Å². The zero-order valence-corrected chi connectivity index (χ0v) is 26.6. The molecule has 0 amide bonds. The second-order valence-corrected chi connectivity index (χ2v) is 11.8. The SMILES string of the molecule is CCCCCCCCC=CCCCCCCCC(O)OC(O)CCCCCCCC=CCCCCCCCC. The van der Waals surface area contributed by atoms with Crippen molar-refractivity contribution in [3.8, 4) is 0 Å². The van der Waals surface area contributed by atoms with E-state index in [9.17, 15) is 10.2 Å². The Morgan fingerprint density at radius 1 is 0.385 bits per heavy atom. The zero-order valence-electron chi connectivity index (χ0n) is 26.6. The number of unbranched alkanes of at least 4 members (excludes halogenated alkanes) is 22. The first-order valence-corrected chi connectivity index (χ1v) is 17.5. The van der Waals surface area contributed by atoms with E-state index in [0.29, 0.717) is 12.8 Å². The van der Waals surface area contributed by atoms with Gasteiger partial charge < -0.3 is 14.9 Å². The van der Waals surface area contributed by atoms with Crippen LogP contribution in [0.2, 0.25) is 0 Å². The molecule has 0 saturated heterocycles. The summed E-state index contributed by atoms with van der Waals surface area (Å²) in [6, 6.07) is 0. The van der Waals surface area contributed by atoms with E-state index in [0.717, 1.165) is 25.7 Å². The van der Waals surface area contributed by atoms with Gasteiger partial charge in [0.15, 0.2) is 12.6 Å². The third kappa shape index (κ3) is 33.5. The topological polar surface area (TPSA) is 49.7 Å². The fraction of sp³-hybridized carbons (Fsp3) is 0.889. The molecule has 2 atom stereocenters. The number of hydrogen-bond acceptors (Lipinski definition) is 3. The number of rotatable bonds is 32. The van der Waals surface area contributed by atoms with Crippen LogP contribution >= 0.6 is 0 Å². The molecule has 3 nitrogen and oxygen atoms in total. The van der Waals surface area contributed by atoms with E-state index in [1.807, 2.05) is 0 Å². The second kappa shape index (κ2) is 33.6. The summed E-state index contributed by atoms with van der Waals surface area (Å²) in [5.41, 5.74) is 0. The van der Waals surface area contributed by atoms with Gasteiger partial charge in [0.05, 0.1) is 0 Å². The van der Waals surface area contributed by atoms with Gasteiger partial charge in [-0.3, -0.25) is 0 Å². The Morgan fingerprint density at radius 3 is 0.949 bits per heavy atom. The van der Waals surface area contributed by atoms with Crippen LogP contribution in [0.15, 0.2) is 24.3 Å². The average Bonchev–Trinajstić information content (AvgIpc) is 2.93. The molecule has 0 heterocycles. The van der Waals surface area contributed by atoms with Crippen LogP contribution in [0.1, 0.15) is 194 Å². The van der Waals surface area contributed by atoms with E-state index in [2.05, 4.69) is 38.2 Å².